The highest BCUT2D eigenvalue weighted by Crippen LogP contribution is 2.25. The van der Waals surface area contributed by atoms with Crippen molar-refractivity contribution in [1.82, 2.24) is 10.2 Å². The summed E-state index contributed by atoms with van der Waals surface area (Å²) in [6.07, 6.45) is 3.65. The van der Waals surface area contributed by atoms with Crippen LogP contribution in [-0.2, 0) is 9.59 Å². The maximum absolute atomic E-state index is 12.8. The van der Waals surface area contributed by atoms with E-state index in [4.69, 9.17) is 0 Å². The van der Waals surface area contributed by atoms with Crippen molar-refractivity contribution in [3.05, 3.63) is 29.8 Å². The molecule has 1 unspecified atom stereocenters. The Bertz CT molecular complexity index is 597. The Morgan fingerprint density at radius 3 is 2.62 bits per heavy atom. The number of benzene rings is 1. The van der Waals surface area contributed by atoms with Crippen molar-refractivity contribution in [2.24, 2.45) is 11.8 Å². The van der Waals surface area contributed by atoms with Crippen molar-refractivity contribution in [1.29, 1.82) is 0 Å². The molecule has 1 fully saturated rings. The van der Waals surface area contributed by atoms with Gasteiger partial charge >= 0.3 is 0 Å². The second kappa shape index (κ2) is 10.3. The Morgan fingerprint density at radius 1 is 1.27 bits per heavy atom. The summed E-state index contributed by atoms with van der Waals surface area (Å²) in [5.74, 6) is 0.932. The number of hydrogen-bond donors (Lipinski definition) is 2. The van der Waals surface area contributed by atoms with Crippen LogP contribution in [0.25, 0.3) is 0 Å². The van der Waals surface area contributed by atoms with Crippen LogP contribution < -0.4 is 10.6 Å². The minimum absolute atomic E-state index is 0.0952. The van der Waals surface area contributed by atoms with Gasteiger partial charge in [-0.05, 0) is 62.7 Å². The molecule has 0 saturated carbocycles. The standard InChI is InChI=1S/C21H33N3O2/c1-4-13-24(15-20(25)23-19-8-6-5-7-16(19)2)21(26)14-17(3)18-9-11-22-12-10-18/h5-8,17-18,22H,4,9-15H2,1-3H3,(H,23,25). The molecular formula is C21H33N3O2. The zero-order chi connectivity index (χ0) is 18.9. The Labute approximate surface area is 157 Å². The van der Waals surface area contributed by atoms with Gasteiger partial charge in [0.2, 0.25) is 11.8 Å². The highest BCUT2D eigenvalue weighted by Gasteiger charge is 2.25. The molecule has 0 bridgehead atoms. The lowest BCUT2D eigenvalue weighted by Crippen LogP contribution is -2.40. The fraction of sp³-hybridized carbons (Fsp3) is 0.619. The van der Waals surface area contributed by atoms with Gasteiger partial charge in [0, 0.05) is 18.7 Å². The summed E-state index contributed by atoms with van der Waals surface area (Å²) in [5, 5.41) is 6.30. The van der Waals surface area contributed by atoms with Crippen LogP contribution >= 0.6 is 0 Å². The van der Waals surface area contributed by atoms with Gasteiger partial charge in [-0.25, -0.2) is 0 Å². The SMILES string of the molecule is CCCN(CC(=O)Nc1ccccc1C)C(=O)CC(C)C1CCNCC1. The van der Waals surface area contributed by atoms with Gasteiger partial charge in [-0.3, -0.25) is 9.59 Å². The third-order valence-corrected chi connectivity index (χ3v) is 5.28. The lowest BCUT2D eigenvalue weighted by Gasteiger charge is -2.30. The molecular weight excluding hydrogens is 326 g/mol. The summed E-state index contributed by atoms with van der Waals surface area (Å²) in [5.41, 5.74) is 1.83. The van der Waals surface area contributed by atoms with Crippen molar-refractivity contribution in [3.63, 3.8) is 0 Å². The summed E-state index contributed by atoms with van der Waals surface area (Å²) in [6, 6.07) is 7.70. The summed E-state index contributed by atoms with van der Waals surface area (Å²) in [6.45, 7) is 9.01. The first-order valence-corrected chi connectivity index (χ1v) is 9.85. The molecule has 1 aliphatic heterocycles. The van der Waals surface area contributed by atoms with Gasteiger partial charge in [0.05, 0.1) is 6.54 Å². The second-order valence-electron chi connectivity index (χ2n) is 7.45. The average molecular weight is 360 g/mol. The van der Waals surface area contributed by atoms with Crippen LogP contribution in [-0.4, -0.2) is 42.9 Å². The molecule has 0 aromatic heterocycles. The van der Waals surface area contributed by atoms with Crippen molar-refractivity contribution in [3.8, 4) is 0 Å². The second-order valence-corrected chi connectivity index (χ2v) is 7.45. The molecule has 1 aromatic carbocycles. The summed E-state index contributed by atoms with van der Waals surface area (Å²) in [4.78, 5) is 26.9. The lowest BCUT2D eigenvalue weighted by molar-refractivity contribution is -0.135. The first-order chi connectivity index (χ1) is 12.5. The maximum Gasteiger partial charge on any atom is 0.244 e. The highest BCUT2D eigenvalue weighted by molar-refractivity contribution is 5.95. The number of carbonyl (C=O) groups is 2. The normalized spacial score (nSPS) is 16.1. The Hall–Kier alpha value is -1.88. The molecule has 2 amide bonds. The van der Waals surface area contributed by atoms with E-state index in [2.05, 4.69) is 17.6 Å². The largest absolute Gasteiger partial charge is 0.333 e. The third kappa shape index (κ3) is 6.13. The van der Waals surface area contributed by atoms with E-state index in [1.54, 1.807) is 4.90 Å². The van der Waals surface area contributed by atoms with Crippen molar-refractivity contribution >= 4 is 17.5 Å². The molecule has 0 radical (unpaired) electrons. The topological polar surface area (TPSA) is 61.4 Å². The van der Waals surface area contributed by atoms with Crippen LogP contribution in [0.5, 0.6) is 0 Å². The highest BCUT2D eigenvalue weighted by atomic mass is 16.2. The molecule has 1 aliphatic rings. The molecule has 1 heterocycles. The fourth-order valence-electron chi connectivity index (χ4n) is 3.62. The average Bonchev–Trinajstić information content (AvgIpc) is 2.64. The summed E-state index contributed by atoms with van der Waals surface area (Å²) in [7, 11) is 0. The van der Waals surface area contributed by atoms with Crippen LogP contribution in [0.3, 0.4) is 0 Å². The minimum Gasteiger partial charge on any atom is -0.333 e. The summed E-state index contributed by atoms with van der Waals surface area (Å²) >= 11 is 0. The number of amides is 2. The van der Waals surface area contributed by atoms with Crippen LogP contribution in [0.2, 0.25) is 0 Å². The van der Waals surface area contributed by atoms with E-state index in [0.717, 1.165) is 43.6 Å². The Balaban J connectivity index is 1.90. The van der Waals surface area contributed by atoms with Crippen molar-refractivity contribution in [2.45, 2.75) is 46.5 Å². The van der Waals surface area contributed by atoms with Gasteiger partial charge in [0.15, 0.2) is 0 Å². The molecule has 0 spiro atoms. The van der Waals surface area contributed by atoms with Crippen LogP contribution in [0.15, 0.2) is 24.3 Å². The molecule has 1 atom stereocenters. The molecule has 5 nitrogen and oxygen atoms in total. The third-order valence-electron chi connectivity index (χ3n) is 5.28. The number of nitrogens with zero attached hydrogens (tertiary/aromatic N) is 1. The zero-order valence-electron chi connectivity index (χ0n) is 16.4. The zero-order valence-corrected chi connectivity index (χ0v) is 16.4. The number of hydrogen-bond acceptors (Lipinski definition) is 3. The van der Waals surface area contributed by atoms with E-state index < -0.39 is 0 Å². The fourth-order valence-corrected chi connectivity index (χ4v) is 3.62. The molecule has 1 saturated heterocycles. The van der Waals surface area contributed by atoms with Crippen LogP contribution in [0, 0.1) is 18.8 Å². The molecule has 0 aliphatic carbocycles. The van der Waals surface area contributed by atoms with Gasteiger partial charge in [0.1, 0.15) is 0 Å². The first-order valence-electron chi connectivity index (χ1n) is 9.85. The quantitative estimate of drug-likeness (QED) is 0.749. The maximum atomic E-state index is 12.8. The Morgan fingerprint density at radius 2 is 1.96 bits per heavy atom. The number of carbonyl (C=O) groups excluding carboxylic acids is 2. The molecule has 144 valence electrons. The van der Waals surface area contributed by atoms with Crippen molar-refractivity contribution in [2.75, 3.05) is 31.5 Å². The Kier molecular flexibility index (Phi) is 8.10. The number of rotatable bonds is 8. The van der Waals surface area contributed by atoms with Crippen LogP contribution in [0.1, 0.15) is 45.1 Å². The molecule has 2 N–H and O–H groups in total. The van der Waals surface area contributed by atoms with Gasteiger partial charge in [-0.1, -0.05) is 32.0 Å². The lowest BCUT2D eigenvalue weighted by atomic mass is 9.84. The van der Waals surface area contributed by atoms with Gasteiger partial charge in [-0.2, -0.15) is 0 Å². The van der Waals surface area contributed by atoms with E-state index in [0.29, 0.717) is 24.8 Å². The molecule has 5 heteroatoms. The minimum atomic E-state index is -0.129. The number of para-hydroxylation sites is 1. The van der Waals surface area contributed by atoms with Crippen molar-refractivity contribution < 1.29 is 9.59 Å². The van der Waals surface area contributed by atoms with E-state index in [-0.39, 0.29) is 18.4 Å². The molecule has 2 rings (SSSR count). The van der Waals surface area contributed by atoms with Gasteiger partial charge in [0.25, 0.3) is 0 Å². The summed E-state index contributed by atoms with van der Waals surface area (Å²) < 4.78 is 0. The number of anilines is 1. The van der Waals surface area contributed by atoms with E-state index in [1.807, 2.05) is 38.1 Å². The predicted octanol–water partition coefficient (Wildman–Crippen LogP) is 3.20. The number of nitrogens with one attached hydrogen (secondary N) is 2. The van der Waals surface area contributed by atoms with Crippen LogP contribution in [0.4, 0.5) is 5.69 Å². The molecule has 26 heavy (non-hydrogen) atoms. The number of piperidine rings is 1. The predicted molar refractivity (Wildman–Crippen MR) is 106 cm³/mol. The van der Waals surface area contributed by atoms with Gasteiger partial charge in [-0.15, -0.1) is 0 Å². The van der Waals surface area contributed by atoms with E-state index in [1.165, 1.54) is 0 Å². The van der Waals surface area contributed by atoms with Gasteiger partial charge < -0.3 is 15.5 Å². The number of aryl methyl sites for hydroxylation is 1. The van der Waals surface area contributed by atoms with E-state index in [9.17, 15) is 9.59 Å². The molecule has 1 aromatic rings. The monoisotopic (exact) mass is 359 g/mol. The smallest absolute Gasteiger partial charge is 0.244 e. The first kappa shape index (κ1) is 20.4. The van der Waals surface area contributed by atoms with E-state index >= 15 is 0 Å².